The Morgan fingerprint density at radius 1 is 1.05 bits per heavy atom. The molecule has 4 nitrogen and oxygen atoms in total. The fourth-order valence-electron chi connectivity index (χ4n) is 2.38. The molecule has 19 heavy (non-hydrogen) atoms. The van der Waals surface area contributed by atoms with Crippen LogP contribution in [-0.2, 0) is 6.54 Å². The molecule has 1 saturated heterocycles. The number of rotatable bonds is 2. The highest BCUT2D eigenvalue weighted by Crippen LogP contribution is 2.13. The van der Waals surface area contributed by atoms with Crippen molar-refractivity contribution in [2.75, 3.05) is 18.4 Å². The first-order valence-electron chi connectivity index (χ1n) is 7.14. The highest BCUT2D eigenvalue weighted by atomic mass is 16.2. The summed E-state index contributed by atoms with van der Waals surface area (Å²) in [7, 11) is 0. The number of nitrogens with two attached hydrogens (primary N) is 1. The predicted octanol–water partition coefficient (Wildman–Crippen LogP) is 2.94. The van der Waals surface area contributed by atoms with Crippen LogP contribution in [0.1, 0.15) is 37.7 Å². The second-order valence-electron chi connectivity index (χ2n) is 5.09. The minimum absolute atomic E-state index is 0.0161. The Morgan fingerprint density at radius 2 is 1.63 bits per heavy atom. The van der Waals surface area contributed by atoms with Gasteiger partial charge in [0.2, 0.25) is 0 Å². The zero-order valence-corrected chi connectivity index (χ0v) is 11.4. The first-order chi connectivity index (χ1) is 9.29. The topological polar surface area (TPSA) is 58.4 Å². The molecule has 1 aliphatic heterocycles. The van der Waals surface area contributed by atoms with Crippen molar-refractivity contribution in [2.24, 2.45) is 5.73 Å². The number of carbonyl (C=O) groups is 1. The number of anilines is 1. The van der Waals surface area contributed by atoms with Crippen LogP contribution in [0, 0.1) is 0 Å². The third-order valence-electron chi connectivity index (χ3n) is 3.58. The summed E-state index contributed by atoms with van der Waals surface area (Å²) >= 11 is 0. The molecule has 0 radical (unpaired) electrons. The van der Waals surface area contributed by atoms with Gasteiger partial charge in [0.1, 0.15) is 0 Å². The van der Waals surface area contributed by atoms with Gasteiger partial charge >= 0.3 is 6.03 Å². The average molecular weight is 261 g/mol. The summed E-state index contributed by atoms with van der Waals surface area (Å²) in [5.74, 6) is 0. The van der Waals surface area contributed by atoms with Gasteiger partial charge < -0.3 is 16.0 Å². The number of nitrogens with zero attached hydrogens (tertiary/aromatic N) is 1. The van der Waals surface area contributed by atoms with Crippen LogP contribution in [0.15, 0.2) is 24.3 Å². The lowest BCUT2D eigenvalue weighted by Crippen LogP contribution is -2.37. The van der Waals surface area contributed by atoms with Gasteiger partial charge in [0.25, 0.3) is 0 Å². The lowest BCUT2D eigenvalue weighted by atomic mass is 10.1. The van der Waals surface area contributed by atoms with Gasteiger partial charge in [0.05, 0.1) is 0 Å². The third kappa shape index (κ3) is 4.24. The van der Waals surface area contributed by atoms with E-state index in [0.29, 0.717) is 6.54 Å². The van der Waals surface area contributed by atoms with Gasteiger partial charge in [0.15, 0.2) is 0 Å². The maximum Gasteiger partial charge on any atom is 0.321 e. The van der Waals surface area contributed by atoms with E-state index in [1.54, 1.807) is 0 Å². The Morgan fingerprint density at radius 3 is 2.21 bits per heavy atom. The van der Waals surface area contributed by atoms with Gasteiger partial charge in [-0.3, -0.25) is 0 Å². The van der Waals surface area contributed by atoms with Gasteiger partial charge in [-0.05, 0) is 30.5 Å². The van der Waals surface area contributed by atoms with E-state index >= 15 is 0 Å². The molecule has 0 atom stereocenters. The zero-order chi connectivity index (χ0) is 13.5. The number of urea groups is 1. The molecular weight excluding hydrogens is 238 g/mol. The van der Waals surface area contributed by atoms with E-state index in [1.165, 1.54) is 19.3 Å². The molecule has 104 valence electrons. The van der Waals surface area contributed by atoms with E-state index in [4.69, 9.17) is 5.73 Å². The molecule has 0 unspecified atom stereocenters. The lowest BCUT2D eigenvalue weighted by molar-refractivity contribution is 0.206. The molecule has 2 rings (SSSR count). The first kappa shape index (κ1) is 13.9. The minimum atomic E-state index is 0.0161. The highest BCUT2D eigenvalue weighted by molar-refractivity contribution is 5.89. The number of carbonyl (C=O) groups excluding carboxylic acids is 1. The van der Waals surface area contributed by atoms with Gasteiger partial charge in [-0.15, -0.1) is 0 Å². The summed E-state index contributed by atoms with van der Waals surface area (Å²) in [4.78, 5) is 14.1. The summed E-state index contributed by atoms with van der Waals surface area (Å²) in [6, 6.07) is 7.72. The molecule has 1 fully saturated rings. The van der Waals surface area contributed by atoms with E-state index in [1.807, 2.05) is 29.2 Å². The fourth-order valence-corrected chi connectivity index (χ4v) is 2.38. The fraction of sp³-hybridized carbons (Fsp3) is 0.533. The van der Waals surface area contributed by atoms with Crippen LogP contribution in [0.3, 0.4) is 0 Å². The maximum atomic E-state index is 12.2. The van der Waals surface area contributed by atoms with Crippen molar-refractivity contribution >= 4 is 11.7 Å². The number of nitrogens with one attached hydrogen (secondary N) is 1. The normalized spacial score (nSPS) is 16.6. The predicted molar refractivity (Wildman–Crippen MR) is 78.0 cm³/mol. The number of likely N-dealkylation sites (tertiary alicyclic amines) is 1. The van der Waals surface area contributed by atoms with Crippen LogP contribution >= 0.6 is 0 Å². The molecule has 0 aliphatic carbocycles. The SMILES string of the molecule is NCc1ccc(NC(=O)N2CCCCCCC2)cc1. The summed E-state index contributed by atoms with van der Waals surface area (Å²) in [6.45, 7) is 2.26. The molecule has 1 aliphatic rings. The summed E-state index contributed by atoms with van der Waals surface area (Å²) in [6.07, 6.45) is 5.99. The number of hydrogen-bond acceptors (Lipinski definition) is 2. The Balaban J connectivity index is 1.90. The highest BCUT2D eigenvalue weighted by Gasteiger charge is 2.14. The largest absolute Gasteiger partial charge is 0.326 e. The molecule has 1 aromatic carbocycles. The van der Waals surface area contributed by atoms with E-state index in [-0.39, 0.29) is 6.03 Å². The van der Waals surface area contributed by atoms with Crippen molar-refractivity contribution in [3.8, 4) is 0 Å². The van der Waals surface area contributed by atoms with Crippen LogP contribution in [-0.4, -0.2) is 24.0 Å². The molecule has 0 spiro atoms. The molecule has 2 amide bonds. The Kier molecular flexibility index (Phi) is 5.21. The number of hydrogen-bond donors (Lipinski definition) is 2. The lowest BCUT2D eigenvalue weighted by Gasteiger charge is -2.25. The van der Waals surface area contributed by atoms with Crippen molar-refractivity contribution in [3.63, 3.8) is 0 Å². The van der Waals surface area contributed by atoms with Crippen molar-refractivity contribution in [1.82, 2.24) is 4.90 Å². The van der Waals surface area contributed by atoms with Crippen molar-refractivity contribution in [3.05, 3.63) is 29.8 Å². The summed E-state index contributed by atoms with van der Waals surface area (Å²) in [5, 5.41) is 2.96. The molecular formula is C15H23N3O. The van der Waals surface area contributed by atoms with Gasteiger partial charge in [-0.25, -0.2) is 4.79 Å². The molecule has 4 heteroatoms. The average Bonchev–Trinajstić information content (AvgIpc) is 2.39. The second kappa shape index (κ2) is 7.14. The van der Waals surface area contributed by atoms with Crippen LogP contribution < -0.4 is 11.1 Å². The molecule has 1 heterocycles. The second-order valence-corrected chi connectivity index (χ2v) is 5.09. The van der Waals surface area contributed by atoms with Crippen LogP contribution in [0.5, 0.6) is 0 Å². The Hall–Kier alpha value is -1.55. The van der Waals surface area contributed by atoms with Crippen LogP contribution in [0.4, 0.5) is 10.5 Å². The van der Waals surface area contributed by atoms with E-state index < -0.39 is 0 Å². The molecule has 3 N–H and O–H groups in total. The zero-order valence-electron chi connectivity index (χ0n) is 11.4. The van der Waals surface area contributed by atoms with Crippen molar-refractivity contribution < 1.29 is 4.79 Å². The first-order valence-corrected chi connectivity index (χ1v) is 7.14. The van der Waals surface area contributed by atoms with Crippen molar-refractivity contribution in [1.29, 1.82) is 0 Å². The molecule has 0 aromatic heterocycles. The monoisotopic (exact) mass is 261 g/mol. The third-order valence-corrected chi connectivity index (χ3v) is 3.58. The smallest absolute Gasteiger partial charge is 0.321 e. The van der Waals surface area contributed by atoms with Crippen molar-refractivity contribution in [2.45, 2.75) is 38.6 Å². The molecule has 0 saturated carbocycles. The van der Waals surface area contributed by atoms with E-state index in [9.17, 15) is 4.79 Å². The van der Waals surface area contributed by atoms with E-state index in [2.05, 4.69) is 5.32 Å². The summed E-state index contributed by atoms with van der Waals surface area (Å²) < 4.78 is 0. The number of benzene rings is 1. The van der Waals surface area contributed by atoms with Gasteiger partial charge in [0, 0.05) is 25.3 Å². The Bertz CT molecular complexity index is 394. The standard InChI is InChI=1S/C15H23N3O/c16-12-13-6-8-14(9-7-13)17-15(19)18-10-4-2-1-3-5-11-18/h6-9H,1-5,10-12,16H2,(H,17,19). The van der Waals surface area contributed by atoms with Crippen LogP contribution in [0.2, 0.25) is 0 Å². The summed E-state index contributed by atoms with van der Waals surface area (Å²) in [5.41, 5.74) is 7.47. The number of amides is 2. The minimum Gasteiger partial charge on any atom is -0.326 e. The van der Waals surface area contributed by atoms with Gasteiger partial charge in [-0.1, -0.05) is 31.4 Å². The quantitative estimate of drug-likeness (QED) is 0.860. The maximum absolute atomic E-state index is 12.2. The molecule has 1 aromatic rings. The Labute approximate surface area is 115 Å². The van der Waals surface area contributed by atoms with Gasteiger partial charge in [-0.2, -0.15) is 0 Å². The van der Waals surface area contributed by atoms with E-state index in [0.717, 1.165) is 37.2 Å². The van der Waals surface area contributed by atoms with Crippen LogP contribution in [0.25, 0.3) is 0 Å². The molecule has 0 bridgehead atoms.